The molecule has 1 atom stereocenters. The number of amides is 2. The molecule has 0 spiro atoms. The summed E-state index contributed by atoms with van der Waals surface area (Å²) in [6.45, 7) is 3.75. The monoisotopic (exact) mass is 362 g/mol. The highest BCUT2D eigenvalue weighted by atomic mass is 35.5. The van der Waals surface area contributed by atoms with Gasteiger partial charge >= 0.3 is 0 Å². The van der Waals surface area contributed by atoms with Crippen molar-refractivity contribution in [3.63, 3.8) is 0 Å². The molecule has 24 heavy (non-hydrogen) atoms. The topological polar surface area (TPSA) is 58.2 Å². The maximum absolute atomic E-state index is 12.2. The van der Waals surface area contributed by atoms with Gasteiger partial charge in [0.15, 0.2) is 0 Å². The molecule has 2 N–H and O–H groups in total. The number of nitrogens with one attached hydrogen (secondary N) is 2. The van der Waals surface area contributed by atoms with Gasteiger partial charge in [-0.1, -0.05) is 41.4 Å². The second-order valence-corrected chi connectivity index (χ2v) is 7.07. The molecule has 0 aliphatic heterocycles. The lowest BCUT2D eigenvalue weighted by atomic mass is 10.2. The van der Waals surface area contributed by atoms with E-state index in [1.807, 2.05) is 31.2 Å². The summed E-state index contributed by atoms with van der Waals surface area (Å²) in [6.07, 6.45) is 0. The van der Waals surface area contributed by atoms with Crippen molar-refractivity contribution in [1.82, 2.24) is 0 Å². The summed E-state index contributed by atoms with van der Waals surface area (Å²) in [7, 11) is 0. The van der Waals surface area contributed by atoms with Crippen molar-refractivity contribution in [3.8, 4) is 0 Å². The Hall–Kier alpha value is -1.98. The van der Waals surface area contributed by atoms with Crippen LogP contribution in [-0.2, 0) is 9.59 Å². The van der Waals surface area contributed by atoms with E-state index in [9.17, 15) is 9.59 Å². The molecular formula is C18H19ClN2O2S. The Kier molecular flexibility index (Phi) is 6.70. The van der Waals surface area contributed by atoms with Crippen molar-refractivity contribution >= 4 is 46.6 Å². The highest BCUT2D eigenvalue weighted by Gasteiger charge is 2.16. The molecule has 2 aromatic rings. The highest BCUT2D eigenvalue weighted by Crippen LogP contribution is 2.22. The van der Waals surface area contributed by atoms with Crippen molar-refractivity contribution < 1.29 is 9.59 Å². The van der Waals surface area contributed by atoms with Crippen LogP contribution in [0.1, 0.15) is 12.5 Å². The summed E-state index contributed by atoms with van der Waals surface area (Å²) in [6, 6.07) is 14.6. The molecule has 2 amide bonds. The number of thioether (sulfide) groups is 1. The van der Waals surface area contributed by atoms with E-state index in [1.54, 1.807) is 31.2 Å². The minimum atomic E-state index is -0.370. The lowest BCUT2D eigenvalue weighted by molar-refractivity contribution is -0.115. The standard InChI is InChI=1S/C18H19ClN2O2S/c1-12-7-9-14(10-8-12)20-17(22)11-24-13(2)18(23)21-16-6-4-3-5-15(16)19/h3-10,13H,11H2,1-2H3,(H,20,22)(H,21,23)/t13-/m0/s1. The molecular weight excluding hydrogens is 344 g/mol. The number of para-hydroxylation sites is 1. The van der Waals surface area contributed by atoms with E-state index >= 15 is 0 Å². The van der Waals surface area contributed by atoms with Crippen molar-refractivity contribution in [2.45, 2.75) is 19.1 Å². The average molecular weight is 363 g/mol. The molecule has 0 bridgehead atoms. The van der Waals surface area contributed by atoms with E-state index in [0.29, 0.717) is 10.7 Å². The smallest absolute Gasteiger partial charge is 0.237 e. The van der Waals surface area contributed by atoms with E-state index in [2.05, 4.69) is 10.6 Å². The van der Waals surface area contributed by atoms with E-state index in [-0.39, 0.29) is 22.8 Å². The first-order valence-corrected chi connectivity index (χ1v) is 8.92. The molecule has 2 aromatic carbocycles. The summed E-state index contributed by atoms with van der Waals surface area (Å²) in [5.74, 6) is -0.122. The predicted molar refractivity (Wildman–Crippen MR) is 102 cm³/mol. The lowest BCUT2D eigenvalue weighted by Gasteiger charge is -2.13. The van der Waals surface area contributed by atoms with Crippen molar-refractivity contribution in [2.75, 3.05) is 16.4 Å². The number of halogens is 1. The minimum Gasteiger partial charge on any atom is -0.325 e. The van der Waals surface area contributed by atoms with Gasteiger partial charge in [-0.3, -0.25) is 9.59 Å². The van der Waals surface area contributed by atoms with Gasteiger partial charge in [0.2, 0.25) is 11.8 Å². The first-order chi connectivity index (χ1) is 11.5. The Balaban J connectivity index is 1.80. The number of carbonyl (C=O) groups is 2. The van der Waals surface area contributed by atoms with Gasteiger partial charge < -0.3 is 10.6 Å². The van der Waals surface area contributed by atoms with Crippen LogP contribution in [0.25, 0.3) is 0 Å². The fourth-order valence-electron chi connectivity index (χ4n) is 1.91. The van der Waals surface area contributed by atoms with Crippen LogP contribution in [0.4, 0.5) is 11.4 Å². The number of aryl methyl sites for hydroxylation is 1. The molecule has 126 valence electrons. The molecule has 0 aliphatic rings. The minimum absolute atomic E-state index is 0.138. The first-order valence-electron chi connectivity index (χ1n) is 7.49. The molecule has 0 saturated carbocycles. The van der Waals surface area contributed by atoms with E-state index in [1.165, 1.54) is 11.8 Å². The first kappa shape index (κ1) is 18.4. The summed E-state index contributed by atoms with van der Waals surface area (Å²) < 4.78 is 0. The van der Waals surface area contributed by atoms with Crippen LogP contribution in [0.5, 0.6) is 0 Å². The van der Waals surface area contributed by atoms with E-state index < -0.39 is 0 Å². The van der Waals surface area contributed by atoms with Crippen LogP contribution in [0.15, 0.2) is 48.5 Å². The van der Waals surface area contributed by atoms with E-state index in [0.717, 1.165) is 11.3 Å². The fraction of sp³-hybridized carbons (Fsp3) is 0.222. The van der Waals surface area contributed by atoms with Crippen molar-refractivity contribution in [1.29, 1.82) is 0 Å². The molecule has 0 unspecified atom stereocenters. The number of hydrogen-bond acceptors (Lipinski definition) is 3. The molecule has 0 saturated heterocycles. The Bertz CT molecular complexity index is 719. The highest BCUT2D eigenvalue weighted by molar-refractivity contribution is 8.01. The largest absolute Gasteiger partial charge is 0.325 e. The second-order valence-electron chi connectivity index (χ2n) is 5.34. The van der Waals surface area contributed by atoms with Crippen LogP contribution >= 0.6 is 23.4 Å². The Morgan fingerprint density at radius 1 is 1.08 bits per heavy atom. The lowest BCUT2D eigenvalue weighted by Crippen LogP contribution is -2.25. The summed E-state index contributed by atoms with van der Waals surface area (Å²) in [5, 5.41) is 5.69. The van der Waals surface area contributed by atoms with Gasteiger partial charge in [0.1, 0.15) is 0 Å². The predicted octanol–water partition coefficient (Wildman–Crippen LogP) is 4.35. The van der Waals surface area contributed by atoms with Gasteiger partial charge in [0.25, 0.3) is 0 Å². The van der Waals surface area contributed by atoms with Gasteiger partial charge in [0, 0.05) is 5.69 Å². The average Bonchev–Trinajstić information content (AvgIpc) is 2.56. The molecule has 6 heteroatoms. The normalized spacial score (nSPS) is 11.6. The zero-order valence-corrected chi connectivity index (χ0v) is 15.1. The van der Waals surface area contributed by atoms with Gasteiger partial charge in [-0.15, -0.1) is 11.8 Å². The van der Waals surface area contributed by atoms with Crippen LogP contribution in [0.3, 0.4) is 0 Å². The molecule has 0 radical (unpaired) electrons. The van der Waals surface area contributed by atoms with E-state index in [4.69, 9.17) is 11.6 Å². The van der Waals surface area contributed by atoms with Gasteiger partial charge in [-0.05, 0) is 38.1 Å². The summed E-state index contributed by atoms with van der Waals surface area (Å²) in [5.41, 5.74) is 2.45. The number of rotatable bonds is 6. The van der Waals surface area contributed by atoms with Gasteiger partial charge in [-0.2, -0.15) is 0 Å². The molecule has 2 rings (SSSR count). The zero-order chi connectivity index (χ0) is 17.5. The molecule has 0 fully saturated rings. The molecule has 0 aromatic heterocycles. The maximum Gasteiger partial charge on any atom is 0.237 e. The quantitative estimate of drug-likeness (QED) is 0.803. The van der Waals surface area contributed by atoms with Crippen molar-refractivity contribution in [3.05, 3.63) is 59.1 Å². The summed E-state index contributed by atoms with van der Waals surface area (Å²) >= 11 is 7.29. The summed E-state index contributed by atoms with van der Waals surface area (Å²) in [4.78, 5) is 24.1. The number of anilines is 2. The Morgan fingerprint density at radius 2 is 1.75 bits per heavy atom. The second kappa shape index (κ2) is 8.76. The van der Waals surface area contributed by atoms with Crippen LogP contribution in [-0.4, -0.2) is 22.8 Å². The Morgan fingerprint density at radius 3 is 2.42 bits per heavy atom. The zero-order valence-electron chi connectivity index (χ0n) is 13.5. The molecule has 0 heterocycles. The fourth-order valence-corrected chi connectivity index (χ4v) is 2.77. The van der Waals surface area contributed by atoms with Crippen molar-refractivity contribution in [2.24, 2.45) is 0 Å². The third-order valence-electron chi connectivity index (χ3n) is 3.30. The van der Waals surface area contributed by atoms with Gasteiger partial charge in [-0.25, -0.2) is 0 Å². The Labute approximate surface area is 151 Å². The van der Waals surface area contributed by atoms with Crippen LogP contribution < -0.4 is 10.6 Å². The number of benzene rings is 2. The van der Waals surface area contributed by atoms with Crippen LogP contribution in [0, 0.1) is 6.92 Å². The maximum atomic E-state index is 12.2. The molecule has 4 nitrogen and oxygen atoms in total. The number of hydrogen-bond donors (Lipinski definition) is 2. The number of carbonyl (C=O) groups excluding carboxylic acids is 2. The third kappa shape index (κ3) is 5.58. The van der Waals surface area contributed by atoms with Gasteiger partial charge in [0.05, 0.1) is 21.7 Å². The SMILES string of the molecule is Cc1ccc(NC(=O)CS[C@@H](C)C(=O)Nc2ccccc2Cl)cc1. The third-order valence-corrected chi connectivity index (χ3v) is 4.77. The van der Waals surface area contributed by atoms with Crippen LogP contribution in [0.2, 0.25) is 5.02 Å². The molecule has 0 aliphatic carbocycles.